The maximum Gasteiger partial charge on any atom is 0.416 e. The van der Waals surface area contributed by atoms with Gasteiger partial charge in [-0.15, -0.1) is 5.10 Å². The number of rotatable bonds is 6. The van der Waals surface area contributed by atoms with Crippen molar-refractivity contribution in [2.45, 2.75) is 38.0 Å². The number of nitrogens with zero attached hydrogens (tertiary/aromatic N) is 3. The minimum absolute atomic E-state index is 0.0213. The number of alkyl halides is 3. The first-order chi connectivity index (χ1) is 11.8. The largest absolute Gasteiger partial charge is 0.416 e. The molecule has 0 spiro atoms. The summed E-state index contributed by atoms with van der Waals surface area (Å²) in [6.07, 6.45) is -3.01. The number of amides is 1. The normalized spacial score (nSPS) is 11.4. The van der Waals surface area contributed by atoms with Gasteiger partial charge in [0.15, 0.2) is 0 Å². The monoisotopic (exact) mass is 370 g/mol. The van der Waals surface area contributed by atoms with Crippen molar-refractivity contribution in [1.82, 2.24) is 15.2 Å². The van der Waals surface area contributed by atoms with Gasteiger partial charge >= 0.3 is 6.18 Å². The zero-order valence-corrected chi connectivity index (χ0v) is 14.5. The van der Waals surface area contributed by atoms with Crippen LogP contribution in [-0.2, 0) is 23.8 Å². The van der Waals surface area contributed by atoms with E-state index in [1.165, 1.54) is 12.1 Å². The SMILES string of the molecule is CCc1nnc(SCC(=O)Nc2cccc(C(F)(F)F)c2)nc1CC. The number of halogens is 3. The Hall–Kier alpha value is -2.16. The van der Waals surface area contributed by atoms with Crippen LogP contribution in [0.5, 0.6) is 0 Å². The van der Waals surface area contributed by atoms with Crippen LogP contribution < -0.4 is 5.32 Å². The lowest BCUT2D eigenvalue weighted by atomic mass is 10.2. The third-order valence-electron chi connectivity index (χ3n) is 3.30. The molecule has 0 atom stereocenters. The minimum Gasteiger partial charge on any atom is -0.325 e. The molecule has 5 nitrogen and oxygen atoms in total. The molecule has 0 bridgehead atoms. The molecule has 0 saturated heterocycles. The first-order valence-electron chi connectivity index (χ1n) is 7.65. The summed E-state index contributed by atoms with van der Waals surface area (Å²) in [4.78, 5) is 16.3. The lowest BCUT2D eigenvalue weighted by Gasteiger charge is -2.10. The number of carbonyl (C=O) groups excluding carboxylic acids is 1. The van der Waals surface area contributed by atoms with Crippen LogP contribution >= 0.6 is 11.8 Å². The predicted molar refractivity (Wildman–Crippen MR) is 89.4 cm³/mol. The van der Waals surface area contributed by atoms with E-state index in [4.69, 9.17) is 0 Å². The first-order valence-corrected chi connectivity index (χ1v) is 8.64. The van der Waals surface area contributed by atoms with E-state index < -0.39 is 17.6 Å². The molecule has 0 unspecified atom stereocenters. The van der Waals surface area contributed by atoms with Gasteiger partial charge in [0.05, 0.1) is 22.7 Å². The molecule has 1 amide bonds. The van der Waals surface area contributed by atoms with Crippen molar-refractivity contribution in [2.75, 3.05) is 11.1 Å². The van der Waals surface area contributed by atoms with Gasteiger partial charge in [0.2, 0.25) is 11.1 Å². The molecule has 0 saturated carbocycles. The second-order valence-electron chi connectivity index (χ2n) is 5.11. The summed E-state index contributed by atoms with van der Waals surface area (Å²) >= 11 is 1.09. The minimum atomic E-state index is -4.45. The quantitative estimate of drug-likeness (QED) is 0.785. The highest BCUT2D eigenvalue weighted by atomic mass is 32.2. The van der Waals surface area contributed by atoms with Crippen LogP contribution in [0.1, 0.15) is 30.8 Å². The molecule has 9 heteroatoms. The number of thioether (sulfide) groups is 1. The summed E-state index contributed by atoms with van der Waals surface area (Å²) < 4.78 is 38.0. The number of anilines is 1. The number of nitrogens with one attached hydrogen (secondary N) is 1. The Labute approximate surface area is 147 Å². The highest BCUT2D eigenvalue weighted by Gasteiger charge is 2.30. The molecule has 0 aliphatic heterocycles. The molecule has 1 N–H and O–H groups in total. The molecule has 2 aromatic rings. The second kappa shape index (κ2) is 8.28. The summed E-state index contributed by atoms with van der Waals surface area (Å²) in [7, 11) is 0. The number of hydrogen-bond donors (Lipinski definition) is 1. The lowest BCUT2D eigenvalue weighted by molar-refractivity contribution is -0.137. The van der Waals surface area contributed by atoms with Crippen LogP contribution in [0, 0.1) is 0 Å². The van der Waals surface area contributed by atoms with Crippen LogP contribution in [0.2, 0.25) is 0 Å². The molecule has 0 fully saturated rings. The van der Waals surface area contributed by atoms with Gasteiger partial charge < -0.3 is 5.32 Å². The fourth-order valence-electron chi connectivity index (χ4n) is 2.08. The molecular weight excluding hydrogens is 353 g/mol. The number of aromatic nitrogens is 3. The summed E-state index contributed by atoms with van der Waals surface area (Å²) in [5, 5.41) is 10.8. The van der Waals surface area contributed by atoms with Gasteiger partial charge in [-0.2, -0.15) is 18.3 Å². The van der Waals surface area contributed by atoms with Gasteiger partial charge in [0, 0.05) is 5.69 Å². The molecule has 0 aliphatic rings. The average Bonchev–Trinajstić information content (AvgIpc) is 2.59. The van der Waals surface area contributed by atoms with Crippen molar-refractivity contribution in [1.29, 1.82) is 0 Å². The Morgan fingerprint density at radius 2 is 1.88 bits per heavy atom. The van der Waals surface area contributed by atoms with Crippen LogP contribution in [0.15, 0.2) is 29.4 Å². The molecule has 1 aromatic heterocycles. The van der Waals surface area contributed by atoms with Crippen molar-refractivity contribution in [3.63, 3.8) is 0 Å². The summed E-state index contributed by atoms with van der Waals surface area (Å²) in [5.74, 6) is -0.461. The van der Waals surface area contributed by atoms with Crippen LogP contribution in [0.4, 0.5) is 18.9 Å². The average molecular weight is 370 g/mol. The van der Waals surface area contributed by atoms with E-state index in [9.17, 15) is 18.0 Å². The zero-order chi connectivity index (χ0) is 18.4. The molecule has 1 heterocycles. The number of benzene rings is 1. The van der Waals surface area contributed by atoms with Gasteiger partial charge in [-0.3, -0.25) is 4.79 Å². The highest BCUT2D eigenvalue weighted by molar-refractivity contribution is 7.99. The topological polar surface area (TPSA) is 67.8 Å². The zero-order valence-electron chi connectivity index (χ0n) is 13.7. The Morgan fingerprint density at radius 3 is 2.52 bits per heavy atom. The van der Waals surface area contributed by atoms with E-state index in [0.29, 0.717) is 11.6 Å². The van der Waals surface area contributed by atoms with Gasteiger partial charge in [0.1, 0.15) is 0 Å². The number of hydrogen-bond acceptors (Lipinski definition) is 5. The molecule has 1 aromatic carbocycles. The van der Waals surface area contributed by atoms with E-state index >= 15 is 0 Å². The maximum absolute atomic E-state index is 12.7. The predicted octanol–water partition coefficient (Wildman–Crippen LogP) is 3.75. The van der Waals surface area contributed by atoms with Crippen LogP contribution in [0.25, 0.3) is 0 Å². The summed E-state index contributed by atoms with van der Waals surface area (Å²) in [5.41, 5.74) is 0.932. The third-order valence-corrected chi connectivity index (χ3v) is 4.13. The number of carbonyl (C=O) groups is 1. The smallest absolute Gasteiger partial charge is 0.325 e. The van der Waals surface area contributed by atoms with Gasteiger partial charge in [0.25, 0.3) is 0 Å². The Balaban J connectivity index is 1.97. The third kappa shape index (κ3) is 5.42. The maximum atomic E-state index is 12.7. The molecule has 0 aliphatic carbocycles. The van der Waals surface area contributed by atoms with E-state index in [-0.39, 0.29) is 11.4 Å². The van der Waals surface area contributed by atoms with Crippen molar-refractivity contribution >= 4 is 23.4 Å². The Morgan fingerprint density at radius 1 is 1.16 bits per heavy atom. The van der Waals surface area contributed by atoms with Gasteiger partial charge in [-0.05, 0) is 31.0 Å². The van der Waals surface area contributed by atoms with Crippen molar-refractivity contribution in [2.24, 2.45) is 0 Å². The summed E-state index contributed by atoms with van der Waals surface area (Å²) in [6.45, 7) is 3.91. The molecule has 134 valence electrons. The summed E-state index contributed by atoms with van der Waals surface area (Å²) in [6, 6.07) is 4.49. The van der Waals surface area contributed by atoms with Crippen LogP contribution in [0.3, 0.4) is 0 Å². The van der Waals surface area contributed by atoms with Crippen LogP contribution in [-0.4, -0.2) is 26.8 Å². The van der Waals surface area contributed by atoms with E-state index in [0.717, 1.165) is 41.7 Å². The fraction of sp³-hybridized carbons (Fsp3) is 0.375. The standard InChI is InChI=1S/C16H17F3N4OS/c1-3-12-13(4-2)22-23-15(21-12)25-9-14(24)20-11-7-5-6-10(8-11)16(17,18)19/h5-8H,3-4,9H2,1-2H3,(H,20,24). The second-order valence-corrected chi connectivity index (χ2v) is 6.05. The fourth-order valence-corrected chi connectivity index (χ4v) is 2.69. The van der Waals surface area contributed by atoms with Gasteiger partial charge in [-0.25, -0.2) is 4.98 Å². The van der Waals surface area contributed by atoms with E-state index in [1.54, 1.807) is 0 Å². The van der Waals surface area contributed by atoms with E-state index in [2.05, 4.69) is 20.5 Å². The van der Waals surface area contributed by atoms with Crippen molar-refractivity contribution < 1.29 is 18.0 Å². The molecule has 2 rings (SSSR count). The Bertz CT molecular complexity index is 752. The molecular formula is C16H17F3N4OS. The van der Waals surface area contributed by atoms with Crippen molar-refractivity contribution in [3.8, 4) is 0 Å². The number of aryl methyl sites for hydroxylation is 2. The lowest BCUT2D eigenvalue weighted by Crippen LogP contribution is -2.15. The van der Waals surface area contributed by atoms with E-state index in [1.807, 2.05) is 13.8 Å². The highest BCUT2D eigenvalue weighted by Crippen LogP contribution is 2.30. The van der Waals surface area contributed by atoms with Gasteiger partial charge in [-0.1, -0.05) is 31.7 Å². The molecule has 0 radical (unpaired) electrons. The first kappa shape index (κ1) is 19.2. The van der Waals surface area contributed by atoms with Crippen molar-refractivity contribution in [3.05, 3.63) is 41.2 Å². The Kier molecular flexibility index (Phi) is 6.35. The molecule has 25 heavy (non-hydrogen) atoms.